The van der Waals surface area contributed by atoms with Crippen molar-refractivity contribution in [3.63, 3.8) is 0 Å². The topological polar surface area (TPSA) is 35.2 Å². The third kappa shape index (κ3) is 1.62. The Morgan fingerprint density at radius 1 is 1.40 bits per heavy atom. The van der Waals surface area contributed by atoms with Gasteiger partial charge in [0.15, 0.2) is 0 Å². The van der Waals surface area contributed by atoms with Crippen LogP contribution in [0.5, 0.6) is 5.75 Å². The van der Waals surface area contributed by atoms with Crippen LogP contribution in [-0.2, 0) is 0 Å². The number of hydrogen-bond donors (Lipinski definition) is 1. The third-order valence-corrected chi connectivity index (χ3v) is 3.68. The molecule has 1 fully saturated rings. The molecule has 0 radical (unpaired) electrons. The zero-order valence-corrected chi connectivity index (χ0v) is 10.0. The van der Waals surface area contributed by atoms with E-state index in [9.17, 15) is 0 Å². The summed E-state index contributed by atoms with van der Waals surface area (Å²) in [7, 11) is 1.66. The van der Waals surface area contributed by atoms with Gasteiger partial charge in [-0.3, -0.25) is 0 Å². The van der Waals surface area contributed by atoms with E-state index < -0.39 is 0 Å². The monoisotopic (exact) mass is 225 g/mol. The van der Waals surface area contributed by atoms with Crippen LogP contribution in [-0.4, -0.2) is 13.2 Å². The predicted octanol–water partition coefficient (Wildman–Crippen LogP) is 2.80. The van der Waals surface area contributed by atoms with Crippen molar-refractivity contribution in [2.75, 3.05) is 7.11 Å². The normalized spacial score (nSPS) is 27.5. The Morgan fingerprint density at radius 2 is 2.00 bits per heavy atom. The number of benzene rings is 1. The molecule has 1 aliphatic rings. The Balaban J connectivity index is 2.38. The van der Waals surface area contributed by atoms with Crippen molar-refractivity contribution in [2.24, 2.45) is 11.1 Å². The van der Waals surface area contributed by atoms with Crippen molar-refractivity contribution in [1.82, 2.24) is 0 Å². The van der Waals surface area contributed by atoms with Crippen LogP contribution in [0.2, 0.25) is 5.02 Å². The molecule has 0 amide bonds. The van der Waals surface area contributed by atoms with Gasteiger partial charge < -0.3 is 10.5 Å². The van der Waals surface area contributed by atoms with Gasteiger partial charge in [0, 0.05) is 17.0 Å². The maximum atomic E-state index is 6.05. The third-order valence-electron chi connectivity index (χ3n) is 3.44. The summed E-state index contributed by atoms with van der Waals surface area (Å²) in [6.45, 7) is 4.35. The first kappa shape index (κ1) is 10.8. The van der Waals surface area contributed by atoms with Gasteiger partial charge in [0.05, 0.1) is 7.11 Å². The number of hydrogen-bond acceptors (Lipinski definition) is 2. The molecule has 2 N–H and O–H groups in total. The van der Waals surface area contributed by atoms with E-state index in [1.165, 1.54) is 5.56 Å². The standard InChI is InChI=1S/C12H16ClNO/c1-12(2)10(11(12)14)8-5-4-7(13)6-9(8)15-3/h4-6,10-11H,14H2,1-3H3/t10-,11-/m0/s1. The molecule has 1 aromatic rings. The van der Waals surface area contributed by atoms with Crippen molar-refractivity contribution in [3.8, 4) is 5.75 Å². The number of nitrogens with two attached hydrogens (primary N) is 1. The molecule has 82 valence electrons. The summed E-state index contributed by atoms with van der Waals surface area (Å²) in [5.74, 6) is 1.22. The minimum absolute atomic E-state index is 0.168. The predicted molar refractivity (Wildman–Crippen MR) is 62.5 cm³/mol. The molecule has 0 spiro atoms. The van der Waals surface area contributed by atoms with Gasteiger partial charge in [0.2, 0.25) is 0 Å². The highest BCUT2D eigenvalue weighted by Gasteiger charge is 2.57. The van der Waals surface area contributed by atoms with Crippen LogP contribution in [0.1, 0.15) is 25.3 Å². The van der Waals surface area contributed by atoms with E-state index in [1.807, 2.05) is 18.2 Å². The highest BCUT2D eigenvalue weighted by Crippen LogP contribution is 2.59. The number of methoxy groups -OCH3 is 1. The minimum Gasteiger partial charge on any atom is -0.496 e. The first-order valence-corrected chi connectivity index (χ1v) is 5.45. The summed E-state index contributed by atoms with van der Waals surface area (Å²) in [4.78, 5) is 0. The molecule has 2 rings (SSSR count). The molecule has 15 heavy (non-hydrogen) atoms. The Morgan fingerprint density at radius 3 is 2.47 bits per heavy atom. The van der Waals surface area contributed by atoms with Gasteiger partial charge in [-0.25, -0.2) is 0 Å². The SMILES string of the molecule is COc1cc(Cl)ccc1[C@H]1[C@H](N)C1(C)C. The van der Waals surface area contributed by atoms with Crippen molar-refractivity contribution >= 4 is 11.6 Å². The lowest BCUT2D eigenvalue weighted by atomic mass is 10.0. The van der Waals surface area contributed by atoms with Gasteiger partial charge in [-0.1, -0.05) is 31.5 Å². The van der Waals surface area contributed by atoms with E-state index >= 15 is 0 Å². The number of halogens is 1. The molecule has 3 heteroatoms. The van der Waals surface area contributed by atoms with Crippen LogP contribution in [0.15, 0.2) is 18.2 Å². The van der Waals surface area contributed by atoms with Crippen LogP contribution in [0, 0.1) is 5.41 Å². The molecule has 0 heterocycles. The zero-order valence-electron chi connectivity index (χ0n) is 9.25. The molecule has 1 aliphatic carbocycles. The van der Waals surface area contributed by atoms with E-state index in [0.717, 1.165) is 5.75 Å². The number of ether oxygens (including phenoxy) is 1. The highest BCUT2D eigenvalue weighted by molar-refractivity contribution is 6.30. The largest absolute Gasteiger partial charge is 0.496 e. The molecule has 0 saturated heterocycles. The summed E-state index contributed by atoms with van der Waals surface area (Å²) in [5, 5.41) is 0.697. The van der Waals surface area contributed by atoms with Crippen molar-refractivity contribution in [1.29, 1.82) is 0 Å². The molecule has 1 aromatic carbocycles. The van der Waals surface area contributed by atoms with Crippen LogP contribution in [0.4, 0.5) is 0 Å². The Labute approximate surface area is 95.4 Å². The Kier molecular flexibility index (Phi) is 2.44. The molecule has 0 unspecified atom stereocenters. The van der Waals surface area contributed by atoms with Crippen molar-refractivity contribution < 1.29 is 4.74 Å². The van der Waals surface area contributed by atoms with Crippen LogP contribution in [0.3, 0.4) is 0 Å². The van der Waals surface area contributed by atoms with Crippen molar-refractivity contribution in [3.05, 3.63) is 28.8 Å². The quantitative estimate of drug-likeness (QED) is 0.840. The molecule has 1 saturated carbocycles. The lowest BCUT2D eigenvalue weighted by molar-refractivity contribution is 0.407. The molecule has 0 aromatic heterocycles. The fraction of sp³-hybridized carbons (Fsp3) is 0.500. The highest BCUT2D eigenvalue weighted by atomic mass is 35.5. The summed E-state index contributed by atoms with van der Waals surface area (Å²) in [5.41, 5.74) is 7.38. The van der Waals surface area contributed by atoms with E-state index in [0.29, 0.717) is 10.9 Å². The summed E-state index contributed by atoms with van der Waals surface area (Å²) >= 11 is 5.92. The first-order valence-electron chi connectivity index (χ1n) is 5.07. The van der Waals surface area contributed by atoms with Crippen LogP contribution in [0.25, 0.3) is 0 Å². The second-order valence-electron chi connectivity index (χ2n) is 4.71. The van der Waals surface area contributed by atoms with Crippen molar-refractivity contribution in [2.45, 2.75) is 25.8 Å². The van der Waals surface area contributed by atoms with E-state index in [-0.39, 0.29) is 11.5 Å². The fourth-order valence-electron chi connectivity index (χ4n) is 2.21. The lowest BCUT2D eigenvalue weighted by Crippen LogP contribution is -2.06. The molecular weight excluding hydrogens is 210 g/mol. The molecule has 0 bridgehead atoms. The van der Waals surface area contributed by atoms with E-state index in [4.69, 9.17) is 22.1 Å². The van der Waals surface area contributed by atoms with Gasteiger partial charge >= 0.3 is 0 Å². The summed E-state index contributed by atoms with van der Waals surface area (Å²) < 4.78 is 5.33. The van der Waals surface area contributed by atoms with Gasteiger partial charge in [0.1, 0.15) is 5.75 Å². The Bertz CT molecular complexity index is 389. The van der Waals surface area contributed by atoms with E-state index in [2.05, 4.69) is 13.8 Å². The second-order valence-corrected chi connectivity index (χ2v) is 5.15. The fourth-order valence-corrected chi connectivity index (χ4v) is 2.38. The number of rotatable bonds is 2. The van der Waals surface area contributed by atoms with Gasteiger partial charge in [0.25, 0.3) is 0 Å². The maximum Gasteiger partial charge on any atom is 0.123 e. The van der Waals surface area contributed by atoms with Gasteiger partial charge in [-0.15, -0.1) is 0 Å². The summed E-state index contributed by atoms with van der Waals surface area (Å²) in [6.07, 6.45) is 0. The lowest BCUT2D eigenvalue weighted by Gasteiger charge is -2.09. The van der Waals surface area contributed by atoms with Crippen LogP contribution >= 0.6 is 11.6 Å². The second kappa shape index (κ2) is 3.39. The average molecular weight is 226 g/mol. The molecule has 2 atom stereocenters. The molecular formula is C12H16ClNO. The zero-order chi connectivity index (χ0) is 11.2. The maximum absolute atomic E-state index is 6.05. The van der Waals surface area contributed by atoms with E-state index in [1.54, 1.807) is 7.11 Å². The summed E-state index contributed by atoms with van der Waals surface area (Å²) in [6, 6.07) is 5.96. The average Bonchev–Trinajstić information content (AvgIpc) is 2.67. The minimum atomic E-state index is 0.168. The molecule has 0 aliphatic heterocycles. The van der Waals surface area contributed by atoms with Gasteiger partial charge in [-0.2, -0.15) is 0 Å². The first-order chi connectivity index (χ1) is 6.98. The smallest absolute Gasteiger partial charge is 0.123 e. The van der Waals surface area contributed by atoms with Crippen LogP contribution < -0.4 is 10.5 Å². The van der Waals surface area contributed by atoms with Gasteiger partial charge in [-0.05, 0) is 23.1 Å². The molecule has 2 nitrogen and oxygen atoms in total. The Hall–Kier alpha value is -0.730.